The van der Waals surface area contributed by atoms with Crippen molar-refractivity contribution in [2.45, 2.75) is 31.7 Å². The van der Waals surface area contributed by atoms with Crippen molar-refractivity contribution in [3.05, 3.63) is 29.3 Å². The lowest BCUT2D eigenvalue weighted by Gasteiger charge is -2.22. The Labute approximate surface area is 207 Å². The maximum atomic E-state index is 13.0. The predicted octanol–water partition coefficient (Wildman–Crippen LogP) is -1.48. The van der Waals surface area contributed by atoms with Crippen molar-refractivity contribution in [1.29, 1.82) is 0 Å². The standard InChI is InChI=1S/C23H30N4O9/c24-21(32)16(6-2-10-28)27-22(33)15-5-1-7-17(20(15)23(27)34)36-14-19(31)26-9-4-12-35-11-3-8-25-18(30)13-29/h1,5,7,10,16,29H,2-4,6,8-9,11-14H2,(H2,24,32)(H,25,30)(H,26,31). The van der Waals surface area contributed by atoms with Crippen LogP contribution in [0.4, 0.5) is 0 Å². The van der Waals surface area contributed by atoms with E-state index in [4.69, 9.17) is 20.3 Å². The summed E-state index contributed by atoms with van der Waals surface area (Å²) in [5.74, 6) is -3.30. The molecule has 1 atom stereocenters. The number of hydrogen-bond donors (Lipinski definition) is 4. The van der Waals surface area contributed by atoms with Crippen LogP contribution in [0, 0.1) is 0 Å². The van der Waals surface area contributed by atoms with Crippen LogP contribution >= 0.6 is 0 Å². The quantitative estimate of drug-likeness (QED) is 0.111. The summed E-state index contributed by atoms with van der Waals surface area (Å²) in [5, 5.41) is 13.7. The van der Waals surface area contributed by atoms with Crippen molar-refractivity contribution in [2.75, 3.05) is 39.5 Å². The topological polar surface area (TPSA) is 194 Å². The van der Waals surface area contributed by atoms with Crippen LogP contribution in [0.15, 0.2) is 18.2 Å². The van der Waals surface area contributed by atoms with E-state index in [1.165, 1.54) is 18.2 Å². The van der Waals surface area contributed by atoms with Gasteiger partial charge in [-0.25, -0.2) is 0 Å². The Balaban J connectivity index is 1.80. The van der Waals surface area contributed by atoms with Crippen LogP contribution in [-0.4, -0.2) is 91.4 Å². The smallest absolute Gasteiger partial charge is 0.266 e. The molecule has 0 saturated carbocycles. The summed E-state index contributed by atoms with van der Waals surface area (Å²) in [6, 6.07) is 3.04. The summed E-state index contributed by atoms with van der Waals surface area (Å²) in [7, 11) is 0. The van der Waals surface area contributed by atoms with Gasteiger partial charge in [0.2, 0.25) is 11.8 Å². The second-order valence-electron chi connectivity index (χ2n) is 7.79. The van der Waals surface area contributed by atoms with E-state index in [2.05, 4.69) is 10.6 Å². The van der Waals surface area contributed by atoms with Gasteiger partial charge in [0.15, 0.2) is 6.61 Å². The summed E-state index contributed by atoms with van der Waals surface area (Å²) in [6.07, 6.45) is 1.54. The van der Waals surface area contributed by atoms with Gasteiger partial charge in [0.25, 0.3) is 17.7 Å². The van der Waals surface area contributed by atoms with E-state index < -0.39 is 48.8 Å². The molecule has 5 amide bonds. The van der Waals surface area contributed by atoms with E-state index in [1.807, 2.05) is 0 Å². The molecule has 0 aliphatic carbocycles. The third kappa shape index (κ3) is 7.85. The Morgan fingerprint density at radius 2 is 1.72 bits per heavy atom. The molecule has 0 fully saturated rings. The van der Waals surface area contributed by atoms with Crippen LogP contribution < -0.4 is 21.1 Å². The number of aldehydes is 1. The number of rotatable bonds is 17. The first-order valence-corrected chi connectivity index (χ1v) is 11.4. The van der Waals surface area contributed by atoms with E-state index in [9.17, 15) is 28.8 Å². The first-order chi connectivity index (χ1) is 17.3. The van der Waals surface area contributed by atoms with Gasteiger partial charge in [0, 0.05) is 32.7 Å². The van der Waals surface area contributed by atoms with E-state index in [0.717, 1.165) is 4.90 Å². The number of aliphatic hydroxyl groups excluding tert-OH is 1. The van der Waals surface area contributed by atoms with E-state index in [0.29, 0.717) is 45.4 Å². The molecule has 196 valence electrons. The summed E-state index contributed by atoms with van der Waals surface area (Å²) in [5.41, 5.74) is 5.29. The molecule has 1 aromatic carbocycles. The number of carbonyl (C=O) groups is 6. The van der Waals surface area contributed by atoms with Crippen LogP contribution in [0.25, 0.3) is 0 Å². The molecule has 1 heterocycles. The van der Waals surface area contributed by atoms with Crippen LogP contribution in [0.5, 0.6) is 5.75 Å². The molecule has 0 radical (unpaired) electrons. The average molecular weight is 507 g/mol. The number of fused-ring (bicyclic) bond motifs is 1. The molecule has 0 aromatic heterocycles. The first-order valence-electron chi connectivity index (χ1n) is 11.4. The molecule has 0 saturated heterocycles. The third-order valence-corrected chi connectivity index (χ3v) is 5.18. The highest BCUT2D eigenvalue weighted by molar-refractivity contribution is 6.24. The van der Waals surface area contributed by atoms with Crippen molar-refractivity contribution in [1.82, 2.24) is 15.5 Å². The second kappa shape index (κ2) is 14.5. The normalized spacial score (nSPS) is 13.2. The summed E-state index contributed by atoms with van der Waals surface area (Å²) < 4.78 is 10.9. The molecule has 36 heavy (non-hydrogen) atoms. The Bertz CT molecular complexity index is 982. The van der Waals surface area contributed by atoms with Crippen molar-refractivity contribution in [2.24, 2.45) is 5.73 Å². The maximum Gasteiger partial charge on any atom is 0.266 e. The Morgan fingerprint density at radius 3 is 2.33 bits per heavy atom. The zero-order valence-electron chi connectivity index (χ0n) is 19.7. The van der Waals surface area contributed by atoms with E-state index in [-0.39, 0.29) is 29.7 Å². The molecular weight excluding hydrogens is 476 g/mol. The van der Waals surface area contributed by atoms with Crippen LogP contribution in [-0.2, 0) is 23.9 Å². The van der Waals surface area contributed by atoms with E-state index in [1.54, 1.807) is 0 Å². The number of nitrogens with two attached hydrogens (primary N) is 1. The number of nitrogens with one attached hydrogen (secondary N) is 2. The number of benzene rings is 1. The molecule has 1 aliphatic heterocycles. The minimum atomic E-state index is -1.28. The van der Waals surface area contributed by atoms with Crippen molar-refractivity contribution in [3.8, 4) is 5.75 Å². The lowest BCUT2D eigenvalue weighted by Crippen LogP contribution is -2.47. The lowest BCUT2D eigenvalue weighted by molar-refractivity contribution is -0.124. The highest BCUT2D eigenvalue weighted by Crippen LogP contribution is 2.32. The predicted molar refractivity (Wildman–Crippen MR) is 124 cm³/mol. The minimum Gasteiger partial charge on any atom is -0.483 e. The molecule has 1 aliphatic rings. The van der Waals surface area contributed by atoms with Gasteiger partial charge in [-0.15, -0.1) is 0 Å². The Kier molecular flexibility index (Phi) is 11.5. The number of aliphatic hydroxyl groups is 1. The SMILES string of the molecule is NC(=O)C(CCC=O)N1C(=O)c2cccc(OCC(=O)NCCCOCCCNC(=O)CO)c2C1=O. The van der Waals surface area contributed by atoms with Gasteiger partial charge in [-0.3, -0.25) is 28.9 Å². The number of primary amides is 1. The molecule has 1 aromatic rings. The summed E-state index contributed by atoms with van der Waals surface area (Å²) in [6.45, 7) is 0.551. The lowest BCUT2D eigenvalue weighted by atomic mass is 10.1. The monoisotopic (exact) mass is 506 g/mol. The van der Waals surface area contributed by atoms with Gasteiger partial charge >= 0.3 is 0 Å². The molecule has 1 unspecified atom stereocenters. The molecule has 5 N–H and O–H groups in total. The highest BCUT2D eigenvalue weighted by atomic mass is 16.5. The summed E-state index contributed by atoms with van der Waals surface area (Å²) >= 11 is 0. The average Bonchev–Trinajstić information content (AvgIpc) is 3.12. The number of ether oxygens (including phenoxy) is 2. The molecule has 13 nitrogen and oxygen atoms in total. The molecule has 0 spiro atoms. The fourth-order valence-corrected chi connectivity index (χ4v) is 3.46. The van der Waals surface area contributed by atoms with Gasteiger partial charge in [-0.05, 0) is 31.4 Å². The van der Waals surface area contributed by atoms with Crippen LogP contribution in [0.3, 0.4) is 0 Å². The van der Waals surface area contributed by atoms with Gasteiger partial charge in [0.1, 0.15) is 24.7 Å². The Hall–Kier alpha value is -3.84. The highest BCUT2D eigenvalue weighted by Gasteiger charge is 2.43. The largest absolute Gasteiger partial charge is 0.483 e. The van der Waals surface area contributed by atoms with Crippen molar-refractivity contribution < 1.29 is 43.3 Å². The Morgan fingerprint density at radius 1 is 1.06 bits per heavy atom. The van der Waals surface area contributed by atoms with Gasteiger partial charge in [-0.2, -0.15) is 0 Å². The fraction of sp³-hybridized carbons (Fsp3) is 0.478. The van der Waals surface area contributed by atoms with Gasteiger partial charge in [0.05, 0.1) is 11.1 Å². The van der Waals surface area contributed by atoms with Gasteiger partial charge < -0.3 is 35.7 Å². The third-order valence-electron chi connectivity index (χ3n) is 5.18. The molecule has 2 rings (SSSR count). The molecule has 13 heteroatoms. The zero-order chi connectivity index (χ0) is 26.5. The number of nitrogens with zero attached hydrogens (tertiary/aromatic N) is 1. The minimum absolute atomic E-state index is 0.0127. The maximum absolute atomic E-state index is 13.0. The molecule has 0 bridgehead atoms. The fourth-order valence-electron chi connectivity index (χ4n) is 3.46. The van der Waals surface area contributed by atoms with Crippen LogP contribution in [0.1, 0.15) is 46.4 Å². The number of hydrogen-bond acceptors (Lipinski definition) is 9. The van der Waals surface area contributed by atoms with Gasteiger partial charge in [-0.1, -0.05) is 6.07 Å². The zero-order valence-corrected chi connectivity index (χ0v) is 19.7. The van der Waals surface area contributed by atoms with Crippen molar-refractivity contribution in [3.63, 3.8) is 0 Å². The first kappa shape index (κ1) is 28.4. The number of imide groups is 1. The molecular formula is C23H30N4O9. The second-order valence-corrected chi connectivity index (χ2v) is 7.79. The summed E-state index contributed by atoms with van der Waals surface area (Å²) in [4.78, 5) is 72.0. The van der Waals surface area contributed by atoms with E-state index >= 15 is 0 Å². The van der Waals surface area contributed by atoms with Crippen LogP contribution in [0.2, 0.25) is 0 Å². The van der Waals surface area contributed by atoms with Crippen molar-refractivity contribution >= 4 is 35.8 Å². The number of carbonyl (C=O) groups excluding carboxylic acids is 6. The number of amides is 5.